The molecule has 0 radical (unpaired) electrons. The first-order chi connectivity index (χ1) is 11.8. The number of carbonyl (C=O) groups is 1. The van der Waals surface area contributed by atoms with Gasteiger partial charge in [0, 0.05) is 30.5 Å². The third-order valence-corrected chi connectivity index (χ3v) is 4.56. The molecule has 1 aromatic carbocycles. The van der Waals surface area contributed by atoms with Crippen LogP contribution in [0.25, 0.3) is 0 Å². The van der Waals surface area contributed by atoms with Gasteiger partial charge in [0.05, 0.1) is 11.8 Å². The lowest BCUT2D eigenvalue weighted by Gasteiger charge is -2.30. The van der Waals surface area contributed by atoms with Gasteiger partial charge in [-0.25, -0.2) is 13.8 Å². The molecule has 0 saturated carbocycles. The third kappa shape index (κ3) is 3.72. The molecule has 0 aliphatic carbocycles. The molecule has 1 amide bonds. The molecule has 25 heavy (non-hydrogen) atoms. The highest BCUT2D eigenvalue weighted by molar-refractivity contribution is 5.94. The van der Waals surface area contributed by atoms with E-state index in [0.717, 1.165) is 17.9 Å². The lowest BCUT2D eigenvalue weighted by atomic mass is 9.94. The molecule has 134 valence electrons. The van der Waals surface area contributed by atoms with Crippen molar-refractivity contribution in [3.63, 3.8) is 0 Å². The molecular weight excluding hydrogens is 326 g/mol. The van der Waals surface area contributed by atoms with E-state index in [1.54, 1.807) is 11.1 Å². The van der Waals surface area contributed by atoms with E-state index in [2.05, 4.69) is 25.8 Å². The van der Waals surface area contributed by atoms with E-state index in [4.69, 9.17) is 4.42 Å². The quantitative estimate of drug-likeness (QED) is 0.814. The average Bonchev–Trinajstić information content (AvgIpc) is 3.05. The third-order valence-electron chi connectivity index (χ3n) is 4.56. The fourth-order valence-electron chi connectivity index (χ4n) is 2.99. The Labute approximate surface area is 145 Å². The van der Waals surface area contributed by atoms with Crippen LogP contribution in [0.3, 0.4) is 0 Å². The van der Waals surface area contributed by atoms with Gasteiger partial charge in [-0.05, 0) is 25.0 Å². The number of likely N-dealkylation sites (tertiary alicyclic amines) is 1. The van der Waals surface area contributed by atoms with Gasteiger partial charge < -0.3 is 9.32 Å². The second-order valence-electron chi connectivity index (χ2n) is 7.50. The summed E-state index contributed by atoms with van der Waals surface area (Å²) in [7, 11) is 0. The van der Waals surface area contributed by atoms with Crippen molar-refractivity contribution in [1.82, 2.24) is 9.88 Å². The minimum absolute atomic E-state index is 0.0917. The van der Waals surface area contributed by atoms with Crippen LogP contribution in [0.5, 0.6) is 0 Å². The Balaban J connectivity index is 1.65. The Morgan fingerprint density at radius 2 is 1.92 bits per heavy atom. The number of hydrogen-bond donors (Lipinski definition) is 0. The van der Waals surface area contributed by atoms with Crippen LogP contribution in [0, 0.1) is 11.6 Å². The van der Waals surface area contributed by atoms with Crippen molar-refractivity contribution in [2.45, 2.75) is 44.9 Å². The van der Waals surface area contributed by atoms with E-state index in [1.165, 1.54) is 6.07 Å². The Morgan fingerprint density at radius 3 is 2.48 bits per heavy atom. The fourth-order valence-corrected chi connectivity index (χ4v) is 2.99. The summed E-state index contributed by atoms with van der Waals surface area (Å²) in [4.78, 5) is 18.4. The number of rotatable bonds is 2. The molecule has 1 aliphatic rings. The van der Waals surface area contributed by atoms with Crippen LogP contribution in [0.15, 0.2) is 28.8 Å². The van der Waals surface area contributed by atoms with Crippen LogP contribution in [0.1, 0.15) is 61.5 Å². The Kier molecular flexibility index (Phi) is 4.62. The van der Waals surface area contributed by atoms with Crippen LogP contribution in [-0.2, 0) is 5.41 Å². The van der Waals surface area contributed by atoms with Crippen LogP contribution in [0.4, 0.5) is 8.78 Å². The molecule has 1 fully saturated rings. The molecular formula is C19H22F2N2O2. The zero-order valence-electron chi connectivity index (χ0n) is 14.7. The summed E-state index contributed by atoms with van der Waals surface area (Å²) in [6, 6.07) is 3.04. The minimum atomic E-state index is -0.824. The fraction of sp³-hybridized carbons (Fsp3) is 0.474. The van der Waals surface area contributed by atoms with E-state index in [0.29, 0.717) is 31.8 Å². The number of piperidine rings is 1. The SMILES string of the molecule is CC(C)(C)c1cnc(C2CCN(C(=O)c3ccc(F)cc3F)CC2)o1. The number of carbonyl (C=O) groups excluding carboxylic acids is 1. The molecule has 0 unspecified atom stereocenters. The molecule has 0 bridgehead atoms. The second-order valence-corrected chi connectivity index (χ2v) is 7.50. The summed E-state index contributed by atoms with van der Waals surface area (Å²) in [5.41, 5.74) is -0.187. The standard InChI is InChI=1S/C19H22F2N2O2/c1-19(2,3)16-11-22-17(25-16)12-6-8-23(9-7-12)18(24)14-5-4-13(20)10-15(14)21/h4-5,10-12H,6-9H2,1-3H3. The average molecular weight is 348 g/mol. The molecule has 0 atom stereocenters. The molecule has 1 saturated heterocycles. The first kappa shape index (κ1) is 17.6. The van der Waals surface area contributed by atoms with E-state index in [9.17, 15) is 13.6 Å². The molecule has 2 aromatic rings. The largest absolute Gasteiger partial charge is 0.445 e. The smallest absolute Gasteiger partial charge is 0.256 e. The first-order valence-corrected chi connectivity index (χ1v) is 8.46. The van der Waals surface area contributed by atoms with Crippen molar-refractivity contribution in [3.05, 3.63) is 53.2 Å². The lowest BCUT2D eigenvalue weighted by molar-refractivity contribution is 0.0701. The minimum Gasteiger partial charge on any atom is -0.445 e. The van der Waals surface area contributed by atoms with Crippen molar-refractivity contribution in [3.8, 4) is 0 Å². The number of nitrogens with zero attached hydrogens (tertiary/aromatic N) is 2. The molecule has 1 aliphatic heterocycles. The first-order valence-electron chi connectivity index (χ1n) is 8.46. The van der Waals surface area contributed by atoms with E-state index in [-0.39, 0.29) is 16.9 Å². The summed E-state index contributed by atoms with van der Waals surface area (Å²) in [6.45, 7) is 7.18. The number of aromatic nitrogens is 1. The normalized spacial score (nSPS) is 16.3. The zero-order chi connectivity index (χ0) is 18.2. The van der Waals surface area contributed by atoms with Crippen LogP contribution < -0.4 is 0 Å². The van der Waals surface area contributed by atoms with Gasteiger partial charge in [0.1, 0.15) is 17.4 Å². The summed E-state index contributed by atoms with van der Waals surface area (Å²) in [5.74, 6) is -0.225. The monoisotopic (exact) mass is 348 g/mol. The van der Waals surface area contributed by atoms with E-state index < -0.39 is 17.5 Å². The highest BCUT2D eigenvalue weighted by Crippen LogP contribution is 2.31. The maximum atomic E-state index is 13.8. The molecule has 3 rings (SSSR count). The summed E-state index contributed by atoms with van der Waals surface area (Å²) < 4.78 is 32.7. The Hall–Kier alpha value is -2.24. The van der Waals surface area contributed by atoms with Gasteiger partial charge in [-0.2, -0.15) is 0 Å². The van der Waals surface area contributed by atoms with Gasteiger partial charge in [-0.3, -0.25) is 4.79 Å². The number of halogens is 2. The van der Waals surface area contributed by atoms with Crippen molar-refractivity contribution < 1.29 is 18.0 Å². The number of hydrogen-bond acceptors (Lipinski definition) is 3. The van der Waals surface area contributed by atoms with Crippen molar-refractivity contribution in [1.29, 1.82) is 0 Å². The molecule has 2 heterocycles. The van der Waals surface area contributed by atoms with Gasteiger partial charge in [0.15, 0.2) is 5.89 Å². The Bertz CT molecular complexity index is 772. The molecule has 4 nitrogen and oxygen atoms in total. The maximum Gasteiger partial charge on any atom is 0.256 e. The topological polar surface area (TPSA) is 46.3 Å². The van der Waals surface area contributed by atoms with Crippen molar-refractivity contribution in [2.24, 2.45) is 0 Å². The van der Waals surface area contributed by atoms with E-state index >= 15 is 0 Å². The van der Waals surface area contributed by atoms with Gasteiger partial charge in [0.25, 0.3) is 5.91 Å². The Morgan fingerprint density at radius 1 is 1.24 bits per heavy atom. The van der Waals surface area contributed by atoms with Gasteiger partial charge in [-0.15, -0.1) is 0 Å². The highest BCUT2D eigenvalue weighted by Gasteiger charge is 2.29. The predicted molar refractivity (Wildman–Crippen MR) is 89.4 cm³/mol. The summed E-state index contributed by atoms with van der Waals surface area (Å²) in [5, 5.41) is 0. The summed E-state index contributed by atoms with van der Waals surface area (Å²) in [6.07, 6.45) is 3.18. The van der Waals surface area contributed by atoms with Crippen molar-refractivity contribution >= 4 is 5.91 Å². The number of amides is 1. The second kappa shape index (κ2) is 6.58. The zero-order valence-corrected chi connectivity index (χ0v) is 14.7. The van der Waals surface area contributed by atoms with Crippen LogP contribution >= 0.6 is 0 Å². The molecule has 1 aromatic heterocycles. The molecule has 6 heteroatoms. The van der Waals surface area contributed by atoms with Gasteiger partial charge >= 0.3 is 0 Å². The number of oxazole rings is 1. The maximum absolute atomic E-state index is 13.8. The number of benzene rings is 1. The van der Waals surface area contributed by atoms with Crippen LogP contribution in [0.2, 0.25) is 0 Å². The molecule has 0 spiro atoms. The predicted octanol–water partition coefficient (Wildman–Crippen LogP) is 4.27. The summed E-state index contributed by atoms with van der Waals surface area (Å²) >= 11 is 0. The van der Waals surface area contributed by atoms with Crippen LogP contribution in [-0.4, -0.2) is 28.9 Å². The lowest BCUT2D eigenvalue weighted by Crippen LogP contribution is -2.38. The highest BCUT2D eigenvalue weighted by atomic mass is 19.1. The van der Waals surface area contributed by atoms with Crippen molar-refractivity contribution in [2.75, 3.05) is 13.1 Å². The van der Waals surface area contributed by atoms with Gasteiger partial charge in [-0.1, -0.05) is 20.8 Å². The van der Waals surface area contributed by atoms with Gasteiger partial charge in [0.2, 0.25) is 0 Å². The van der Waals surface area contributed by atoms with E-state index in [1.807, 2.05) is 0 Å². The molecule has 0 N–H and O–H groups in total.